The number of amides is 1. The lowest BCUT2D eigenvalue weighted by molar-refractivity contribution is 0.0997. The fourth-order valence-corrected chi connectivity index (χ4v) is 1.54. The molecule has 0 aliphatic carbocycles. The van der Waals surface area contributed by atoms with Gasteiger partial charge in [0.1, 0.15) is 11.3 Å². The highest BCUT2D eigenvalue weighted by Crippen LogP contribution is 2.25. The summed E-state index contributed by atoms with van der Waals surface area (Å²) < 4.78 is 5.60. The first kappa shape index (κ1) is 12.1. The van der Waals surface area contributed by atoms with Gasteiger partial charge in [0, 0.05) is 18.3 Å². The minimum absolute atomic E-state index is 0.186. The highest BCUT2D eigenvalue weighted by atomic mass is 16.5. The van der Waals surface area contributed by atoms with E-state index in [2.05, 4.69) is 4.98 Å². The number of primary amides is 1. The van der Waals surface area contributed by atoms with Crippen LogP contribution in [0, 0.1) is 0 Å². The molecule has 2 aromatic rings. The third-order valence-electron chi connectivity index (χ3n) is 2.44. The number of hydrogen-bond donors (Lipinski definition) is 2. The summed E-state index contributed by atoms with van der Waals surface area (Å²) in [6.07, 6.45) is 1.53. The Morgan fingerprint density at radius 2 is 2.00 bits per heavy atom. The molecule has 4 N–H and O–H groups in total. The molecule has 0 bridgehead atoms. The monoisotopic (exact) mass is 243 g/mol. The van der Waals surface area contributed by atoms with Gasteiger partial charge in [-0.05, 0) is 18.2 Å². The molecule has 2 rings (SSSR count). The van der Waals surface area contributed by atoms with Crippen molar-refractivity contribution in [1.82, 2.24) is 4.98 Å². The fourth-order valence-electron chi connectivity index (χ4n) is 1.54. The molecule has 1 heterocycles. The lowest BCUT2D eigenvalue weighted by Gasteiger charge is -2.10. The summed E-state index contributed by atoms with van der Waals surface area (Å²) in [5.41, 5.74) is 11.9. The lowest BCUT2D eigenvalue weighted by atomic mass is 10.2. The molecule has 0 aliphatic heterocycles. The zero-order valence-electron chi connectivity index (χ0n) is 9.67. The first-order valence-corrected chi connectivity index (χ1v) is 5.43. The molecule has 0 fully saturated rings. The Morgan fingerprint density at radius 1 is 1.22 bits per heavy atom. The van der Waals surface area contributed by atoms with Gasteiger partial charge in [0.2, 0.25) is 5.88 Å². The van der Waals surface area contributed by atoms with Gasteiger partial charge >= 0.3 is 0 Å². The average molecular weight is 243 g/mol. The van der Waals surface area contributed by atoms with Crippen LogP contribution >= 0.6 is 0 Å². The van der Waals surface area contributed by atoms with E-state index in [9.17, 15) is 4.79 Å². The number of benzene rings is 1. The number of nitrogens with two attached hydrogens (primary N) is 2. The molecular formula is C13H13N3O2. The molecule has 92 valence electrons. The molecule has 0 atom stereocenters. The van der Waals surface area contributed by atoms with Gasteiger partial charge < -0.3 is 16.2 Å². The Morgan fingerprint density at radius 3 is 2.72 bits per heavy atom. The van der Waals surface area contributed by atoms with E-state index in [0.29, 0.717) is 12.3 Å². The van der Waals surface area contributed by atoms with Crippen LogP contribution in [0.5, 0.6) is 11.6 Å². The summed E-state index contributed by atoms with van der Waals surface area (Å²) in [4.78, 5) is 15.3. The molecular weight excluding hydrogens is 230 g/mol. The van der Waals surface area contributed by atoms with Crippen LogP contribution in [0.15, 0.2) is 42.6 Å². The molecule has 0 saturated heterocycles. The van der Waals surface area contributed by atoms with Crippen molar-refractivity contribution in [1.29, 1.82) is 0 Å². The van der Waals surface area contributed by atoms with Gasteiger partial charge in [-0.25, -0.2) is 4.98 Å². The SMILES string of the molecule is NCc1ccccc1Oc1ncccc1C(N)=O. The maximum absolute atomic E-state index is 11.2. The van der Waals surface area contributed by atoms with Crippen LogP contribution in [0.25, 0.3) is 0 Å². The van der Waals surface area contributed by atoms with Crippen molar-refractivity contribution in [3.8, 4) is 11.6 Å². The summed E-state index contributed by atoms with van der Waals surface area (Å²) in [5, 5.41) is 0. The quantitative estimate of drug-likeness (QED) is 0.849. The first-order valence-electron chi connectivity index (χ1n) is 5.43. The van der Waals surface area contributed by atoms with Crippen molar-refractivity contribution in [2.24, 2.45) is 11.5 Å². The van der Waals surface area contributed by atoms with Crippen molar-refractivity contribution < 1.29 is 9.53 Å². The molecule has 1 aromatic carbocycles. The number of para-hydroxylation sites is 1. The summed E-state index contributed by atoms with van der Waals surface area (Å²) >= 11 is 0. The van der Waals surface area contributed by atoms with E-state index >= 15 is 0 Å². The Bertz CT molecular complexity index is 570. The van der Waals surface area contributed by atoms with Gasteiger partial charge in [0.05, 0.1) is 0 Å². The summed E-state index contributed by atoms with van der Waals surface area (Å²) in [5.74, 6) is 0.176. The number of hydrogen-bond acceptors (Lipinski definition) is 4. The molecule has 0 saturated carbocycles. The van der Waals surface area contributed by atoms with Gasteiger partial charge in [0.15, 0.2) is 0 Å². The van der Waals surface area contributed by atoms with Crippen molar-refractivity contribution >= 4 is 5.91 Å². The van der Waals surface area contributed by atoms with Gasteiger partial charge in [-0.15, -0.1) is 0 Å². The van der Waals surface area contributed by atoms with Crippen LogP contribution in [0.1, 0.15) is 15.9 Å². The molecule has 18 heavy (non-hydrogen) atoms. The van der Waals surface area contributed by atoms with Gasteiger partial charge in [-0.2, -0.15) is 0 Å². The zero-order chi connectivity index (χ0) is 13.0. The lowest BCUT2D eigenvalue weighted by Crippen LogP contribution is -2.13. The fraction of sp³-hybridized carbons (Fsp3) is 0.0769. The smallest absolute Gasteiger partial charge is 0.254 e. The molecule has 5 nitrogen and oxygen atoms in total. The number of carbonyl (C=O) groups is 1. The normalized spacial score (nSPS) is 10.1. The van der Waals surface area contributed by atoms with Gasteiger partial charge in [-0.3, -0.25) is 4.79 Å². The van der Waals surface area contributed by atoms with E-state index in [1.54, 1.807) is 18.2 Å². The van der Waals surface area contributed by atoms with Gasteiger partial charge in [0.25, 0.3) is 5.91 Å². The number of carbonyl (C=O) groups excluding carboxylic acids is 1. The summed E-state index contributed by atoms with van der Waals surface area (Å²) in [7, 11) is 0. The molecule has 1 aromatic heterocycles. The molecule has 0 radical (unpaired) electrons. The van der Waals surface area contributed by atoms with E-state index in [-0.39, 0.29) is 11.4 Å². The van der Waals surface area contributed by atoms with E-state index < -0.39 is 5.91 Å². The summed E-state index contributed by atoms with van der Waals surface area (Å²) in [6.45, 7) is 0.342. The molecule has 0 aliphatic rings. The van der Waals surface area contributed by atoms with E-state index in [1.807, 2.05) is 18.2 Å². The number of aromatic nitrogens is 1. The number of pyridine rings is 1. The minimum atomic E-state index is -0.580. The van der Waals surface area contributed by atoms with Crippen molar-refractivity contribution in [3.05, 3.63) is 53.7 Å². The third kappa shape index (κ3) is 2.46. The maximum Gasteiger partial charge on any atom is 0.254 e. The van der Waals surface area contributed by atoms with Crippen LogP contribution < -0.4 is 16.2 Å². The molecule has 1 amide bonds. The molecule has 0 spiro atoms. The second-order valence-corrected chi connectivity index (χ2v) is 3.63. The van der Waals surface area contributed by atoms with Crippen LogP contribution in [0.3, 0.4) is 0 Å². The predicted molar refractivity (Wildman–Crippen MR) is 67.2 cm³/mol. The molecule has 5 heteroatoms. The largest absolute Gasteiger partial charge is 0.438 e. The zero-order valence-corrected chi connectivity index (χ0v) is 9.67. The second kappa shape index (κ2) is 5.29. The Labute approximate surface area is 104 Å². The topological polar surface area (TPSA) is 91.2 Å². The highest BCUT2D eigenvalue weighted by molar-refractivity contribution is 5.95. The Kier molecular flexibility index (Phi) is 3.54. The van der Waals surface area contributed by atoms with Gasteiger partial charge in [-0.1, -0.05) is 18.2 Å². The van der Waals surface area contributed by atoms with Crippen molar-refractivity contribution in [2.75, 3.05) is 0 Å². The number of ether oxygens (including phenoxy) is 1. The Balaban J connectivity index is 2.37. The van der Waals surface area contributed by atoms with E-state index in [1.165, 1.54) is 6.20 Å². The number of rotatable bonds is 4. The number of nitrogens with zero attached hydrogens (tertiary/aromatic N) is 1. The van der Waals surface area contributed by atoms with Crippen LogP contribution in [0.2, 0.25) is 0 Å². The first-order chi connectivity index (χ1) is 8.72. The maximum atomic E-state index is 11.2. The predicted octanol–water partition coefficient (Wildman–Crippen LogP) is 1.43. The van der Waals surface area contributed by atoms with Crippen LogP contribution in [-0.2, 0) is 6.54 Å². The van der Waals surface area contributed by atoms with Crippen LogP contribution in [0.4, 0.5) is 0 Å². The van der Waals surface area contributed by atoms with E-state index in [4.69, 9.17) is 16.2 Å². The molecule has 0 unspecified atom stereocenters. The minimum Gasteiger partial charge on any atom is -0.438 e. The standard InChI is InChI=1S/C13H13N3O2/c14-8-9-4-1-2-6-11(9)18-13-10(12(15)17)5-3-7-16-13/h1-7H,8,14H2,(H2,15,17). The van der Waals surface area contributed by atoms with E-state index in [0.717, 1.165) is 5.56 Å². The highest BCUT2D eigenvalue weighted by Gasteiger charge is 2.12. The summed E-state index contributed by atoms with van der Waals surface area (Å²) in [6, 6.07) is 10.5. The van der Waals surface area contributed by atoms with Crippen LogP contribution in [-0.4, -0.2) is 10.9 Å². The van der Waals surface area contributed by atoms with Crippen molar-refractivity contribution in [2.45, 2.75) is 6.54 Å². The average Bonchev–Trinajstić information content (AvgIpc) is 2.40. The Hall–Kier alpha value is -2.40. The van der Waals surface area contributed by atoms with Crippen molar-refractivity contribution in [3.63, 3.8) is 0 Å². The second-order valence-electron chi connectivity index (χ2n) is 3.63. The third-order valence-corrected chi connectivity index (χ3v) is 2.44.